The number of rotatable bonds is 3. The molecule has 0 amide bonds. The first-order chi connectivity index (χ1) is 7.97. The predicted molar refractivity (Wildman–Crippen MR) is 62.3 cm³/mol. The fourth-order valence-electron chi connectivity index (χ4n) is 2.26. The van der Waals surface area contributed by atoms with Crippen molar-refractivity contribution in [3.05, 3.63) is 33.8 Å². The van der Waals surface area contributed by atoms with Crippen LogP contribution in [-0.2, 0) is 10.2 Å². The second-order valence-corrected chi connectivity index (χ2v) is 5.19. The third kappa shape index (κ3) is 1.97. The van der Waals surface area contributed by atoms with E-state index < -0.39 is 17.8 Å². The van der Waals surface area contributed by atoms with Crippen LogP contribution in [0, 0.1) is 0 Å². The lowest BCUT2D eigenvalue weighted by atomic mass is 9.63. The molecule has 2 nitrogen and oxygen atoms in total. The normalized spacial score (nSPS) is 17.9. The van der Waals surface area contributed by atoms with Gasteiger partial charge in [0.05, 0.1) is 5.41 Å². The summed E-state index contributed by atoms with van der Waals surface area (Å²) < 4.78 is 26.4. The maximum atomic E-state index is 12.9. The number of hydrogen-bond donors (Lipinski definition) is 1. The predicted octanol–water partition coefficient (Wildman–Crippen LogP) is 3.89. The summed E-state index contributed by atoms with van der Waals surface area (Å²) in [6.07, 6.45) is -1.02. The van der Waals surface area contributed by atoms with E-state index in [9.17, 15) is 18.7 Å². The monoisotopic (exact) mass is 304 g/mol. The first-order valence-corrected chi connectivity index (χ1v) is 6.08. The molecule has 1 N–H and O–H groups in total. The third-order valence-electron chi connectivity index (χ3n) is 3.38. The highest BCUT2D eigenvalue weighted by atomic mass is 79.9. The van der Waals surface area contributed by atoms with Gasteiger partial charge < -0.3 is 5.11 Å². The van der Waals surface area contributed by atoms with Crippen molar-refractivity contribution in [3.63, 3.8) is 0 Å². The maximum Gasteiger partial charge on any atom is 0.314 e. The van der Waals surface area contributed by atoms with Crippen LogP contribution in [0.15, 0.2) is 22.7 Å². The Morgan fingerprint density at radius 3 is 2.47 bits per heavy atom. The molecule has 1 aliphatic carbocycles. The number of aliphatic carboxylic acids is 1. The number of benzene rings is 1. The quantitative estimate of drug-likeness (QED) is 0.920. The lowest BCUT2D eigenvalue weighted by molar-refractivity contribution is -0.147. The fraction of sp³-hybridized carbons (Fsp3) is 0.417. The molecule has 1 aliphatic rings. The molecule has 0 heterocycles. The fourth-order valence-corrected chi connectivity index (χ4v) is 2.62. The van der Waals surface area contributed by atoms with Crippen molar-refractivity contribution >= 4 is 21.9 Å². The van der Waals surface area contributed by atoms with E-state index in [0.29, 0.717) is 17.3 Å². The highest BCUT2D eigenvalue weighted by molar-refractivity contribution is 9.10. The molecule has 1 saturated carbocycles. The van der Waals surface area contributed by atoms with E-state index in [2.05, 4.69) is 15.9 Å². The lowest BCUT2D eigenvalue weighted by Crippen LogP contribution is -2.43. The van der Waals surface area contributed by atoms with Gasteiger partial charge in [0.2, 0.25) is 0 Å². The second-order valence-electron chi connectivity index (χ2n) is 4.27. The Morgan fingerprint density at radius 2 is 2.06 bits per heavy atom. The van der Waals surface area contributed by atoms with E-state index in [1.165, 1.54) is 18.2 Å². The Kier molecular flexibility index (Phi) is 3.21. The first-order valence-electron chi connectivity index (χ1n) is 5.29. The second kappa shape index (κ2) is 4.37. The van der Waals surface area contributed by atoms with Crippen molar-refractivity contribution in [1.29, 1.82) is 0 Å². The molecular formula is C12H11BrF2O2. The van der Waals surface area contributed by atoms with Gasteiger partial charge in [0, 0.05) is 10.0 Å². The van der Waals surface area contributed by atoms with Gasteiger partial charge in [0.25, 0.3) is 6.43 Å². The number of alkyl halides is 2. The Morgan fingerprint density at radius 1 is 1.41 bits per heavy atom. The van der Waals surface area contributed by atoms with Crippen molar-refractivity contribution in [3.8, 4) is 0 Å². The topological polar surface area (TPSA) is 37.3 Å². The zero-order valence-electron chi connectivity index (χ0n) is 8.92. The molecule has 1 aromatic carbocycles. The van der Waals surface area contributed by atoms with Crippen LogP contribution in [0.2, 0.25) is 0 Å². The average Bonchev–Trinajstić information content (AvgIpc) is 2.14. The molecule has 1 aromatic rings. The summed E-state index contributed by atoms with van der Waals surface area (Å²) in [4.78, 5) is 11.3. The highest BCUT2D eigenvalue weighted by Crippen LogP contribution is 2.47. The Bertz CT molecular complexity index is 456. The molecule has 0 saturated heterocycles. The lowest BCUT2D eigenvalue weighted by Gasteiger charge is -2.39. The molecule has 0 bridgehead atoms. The van der Waals surface area contributed by atoms with Crippen LogP contribution in [0.3, 0.4) is 0 Å². The minimum atomic E-state index is -2.64. The first kappa shape index (κ1) is 12.5. The largest absolute Gasteiger partial charge is 0.481 e. The van der Waals surface area contributed by atoms with E-state index in [4.69, 9.17) is 0 Å². The van der Waals surface area contributed by atoms with Crippen molar-refractivity contribution in [1.82, 2.24) is 0 Å². The summed E-state index contributed by atoms with van der Waals surface area (Å²) >= 11 is 3.20. The van der Waals surface area contributed by atoms with Gasteiger partial charge in [-0.25, -0.2) is 8.78 Å². The standard InChI is InChI=1S/C12H11BrF2O2/c13-7-2-3-8(10(14)15)9(6-7)12(11(16)17)4-1-5-12/h2-3,6,10H,1,4-5H2,(H,16,17). The van der Waals surface area contributed by atoms with Gasteiger partial charge in [-0.15, -0.1) is 0 Å². The highest BCUT2D eigenvalue weighted by Gasteiger charge is 2.47. The average molecular weight is 305 g/mol. The van der Waals surface area contributed by atoms with Gasteiger partial charge >= 0.3 is 5.97 Å². The summed E-state index contributed by atoms with van der Waals surface area (Å²) in [6.45, 7) is 0. The molecule has 0 aliphatic heterocycles. The zero-order valence-corrected chi connectivity index (χ0v) is 10.5. The van der Waals surface area contributed by atoms with Gasteiger partial charge in [-0.1, -0.05) is 28.4 Å². The van der Waals surface area contributed by atoms with Crippen LogP contribution < -0.4 is 0 Å². The molecule has 0 atom stereocenters. The van der Waals surface area contributed by atoms with Crippen LogP contribution in [0.25, 0.3) is 0 Å². The number of hydrogen-bond acceptors (Lipinski definition) is 1. The van der Waals surface area contributed by atoms with Crippen LogP contribution in [0.4, 0.5) is 8.78 Å². The van der Waals surface area contributed by atoms with E-state index in [-0.39, 0.29) is 11.1 Å². The van der Waals surface area contributed by atoms with Gasteiger partial charge in [-0.3, -0.25) is 4.79 Å². The van der Waals surface area contributed by atoms with Crippen LogP contribution in [0.1, 0.15) is 36.8 Å². The SMILES string of the molecule is O=C(O)C1(c2cc(Br)ccc2C(F)F)CCC1. The van der Waals surface area contributed by atoms with E-state index in [1.807, 2.05) is 0 Å². The van der Waals surface area contributed by atoms with Gasteiger partial charge in [0.15, 0.2) is 0 Å². The van der Waals surface area contributed by atoms with Crippen molar-refractivity contribution in [2.45, 2.75) is 31.1 Å². The Hall–Kier alpha value is -0.970. The molecule has 0 aromatic heterocycles. The van der Waals surface area contributed by atoms with Crippen molar-refractivity contribution in [2.24, 2.45) is 0 Å². The molecule has 1 fully saturated rings. The smallest absolute Gasteiger partial charge is 0.314 e. The number of carbonyl (C=O) groups is 1. The minimum absolute atomic E-state index is 0.171. The number of carboxylic acid groups (broad SMARTS) is 1. The summed E-state index contributed by atoms with van der Waals surface area (Å²) in [7, 11) is 0. The molecule has 2 rings (SSSR count). The molecule has 0 radical (unpaired) electrons. The van der Waals surface area contributed by atoms with Gasteiger partial charge in [0.1, 0.15) is 0 Å². The summed E-state index contributed by atoms with van der Waals surface area (Å²) in [5.41, 5.74) is -1.04. The van der Waals surface area contributed by atoms with Crippen LogP contribution in [-0.4, -0.2) is 11.1 Å². The van der Waals surface area contributed by atoms with Gasteiger partial charge in [-0.05, 0) is 30.5 Å². The Labute approximate surface area is 106 Å². The Balaban J connectivity index is 2.56. The molecule has 17 heavy (non-hydrogen) atoms. The minimum Gasteiger partial charge on any atom is -0.481 e. The number of carboxylic acids is 1. The van der Waals surface area contributed by atoms with E-state index >= 15 is 0 Å². The molecular weight excluding hydrogens is 294 g/mol. The molecule has 92 valence electrons. The van der Waals surface area contributed by atoms with Crippen LogP contribution in [0.5, 0.6) is 0 Å². The van der Waals surface area contributed by atoms with E-state index in [1.54, 1.807) is 0 Å². The van der Waals surface area contributed by atoms with Crippen molar-refractivity contribution in [2.75, 3.05) is 0 Å². The van der Waals surface area contributed by atoms with Gasteiger partial charge in [-0.2, -0.15) is 0 Å². The third-order valence-corrected chi connectivity index (χ3v) is 3.88. The van der Waals surface area contributed by atoms with Crippen molar-refractivity contribution < 1.29 is 18.7 Å². The zero-order chi connectivity index (χ0) is 12.6. The molecule has 0 unspecified atom stereocenters. The summed E-state index contributed by atoms with van der Waals surface area (Å²) in [5.74, 6) is -1.01. The molecule has 5 heteroatoms. The summed E-state index contributed by atoms with van der Waals surface area (Å²) in [5, 5.41) is 9.27. The summed E-state index contributed by atoms with van der Waals surface area (Å²) in [6, 6.07) is 4.32. The maximum absolute atomic E-state index is 12.9. The number of halogens is 3. The van der Waals surface area contributed by atoms with E-state index in [0.717, 1.165) is 6.42 Å². The molecule has 0 spiro atoms. The van der Waals surface area contributed by atoms with Crippen LogP contribution >= 0.6 is 15.9 Å².